The van der Waals surface area contributed by atoms with Crippen molar-refractivity contribution in [1.82, 2.24) is 5.32 Å². The number of nitrogens with two attached hydrogens (primary N) is 1. The maximum atomic E-state index is 12.8. The number of benzene rings is 1. The third-order valence-electron chi connectivity index (χ3n) is 2.83. The van der Waals surface area contributed by atoms with E-state index in [1.54, 1.807) is 0 Å². The zero-order chi connectivity index (χ0) is 13.8. The zero-order valence-corrected chi connectivity index (χ0v) is 12.4. The molecule has 0 fully saturated rings. The molecule has 0 saturated carbocycles. The van der Waals surface area contributed by atoms with Crippen LogP contribution in [0.15, 0.2) is 24.3 Å². The highest BCUT2D eigenvalue weighted by Gasteiger charge is 2.26. The van der Waals surface area contributed by atoms with Gasteiger partial charge in [0.05, 0.1) is 0 Å². The van der Waals surface area contributed by atoms with Gasteiger partial charge in [0.15, 0.2) is 0 Å². The number of halogens is 2. The van der Waals surface area contributed by atoms with Crippen molar-refractivity contribution in [3.8, 4) is 0 Å². The molecule has 0 radical (unpaired) electrons. The first-order valence-corrected chi connectivity index (χ1v) is 6.14. The zero-order valence-electron chi connectivity index (χ0n) is 11.6. The molecule has 19 heavy (non-hydrogen) atoms. The van der Waals surface area contributed by atoms with E-state index in [-0.39, 0.29) is 24.1 Å². The van der Waals surface area contributed by atoms with E-state index in [1.807, 2.05) is 6.92 Å². The van der Waals surface area contributed by atoms with Gasteiger partial charge in [0.25, 0.3) is 5.91 Å². The third kappa shape index (κ3) is 5.57. The molecule has 1 aromatic rings. The topological polar surface area (TPSA) is 55.1 Å². The molecule has 0 bridgehead atoms. The minimum atomic E-state index is -0.431. The number of nitrogens with one attached hydrogen (secondary N) is 1. The second kappa shape index (κ2) is 7.46. The van der Waals surface area contributed by atoms with Gasteiger partial charge in [-0.05, 0) is 43.5 Å². The van der Waals surface area contributed by atoms with E-state index < -0.39 is 5.54 Å². The monoisotopic (exact) mass is 288 g/mol. The molecule has 0 aliphatic rings. The molecular formula is C14H22ClFN2O. The van der Waals surface area contributed by atoms with Crippen LogP contribution < -0.4 is 11.1 Å². The number of amides is 1. The van der Waals surface area contributed by atoms with Crippen LogP contribution in [0.4, 0.5) is 4.39 Å². The Morgan fingerprint density at radius 3 is 2.32 bits per heavy atom. The van der Waals surface area contributed by atoms with Gasteiger partial charge in [0.1, 0.15) is 5.82 Å². The van der Waals surface area contributed by atoms with E-state index in [9.17, 15) is 9.18 Å². The number of carbonyl (C=O) groups excluding carboxylic acids is 1. The summed E-state index contributed by atoms with van der Waals surface area (Å²) >= 11 is 0. The molecule has 0 spiro atoms. The molecular weight excluding hydrogens is 267 g/mol. The van der Waals surface area contributed by atoms with Crippen LogP contribution in [0.5, 0.6) is 0 Å². The van der Waals surface area contributed by atoms with Crippen LogP contribution in [0.2, 0.25) is 0 Å². The highest BCUT2D eigenvalue weighted by atomic mass is 35.5. The molecule has 3 nitrogen and oxygen atoms in total. The first-order valence-electron chi connectivity index (χ1n) is 6.14. The minimum absolute atomic E-state index is 0. The normalized spacial score (nSPS) is 13.6. The van der Waals surface area contributed by atoms with Crippen molar-refractivity contribution in [2.24, 2.45) is 11.7 Å². The van der Waals surface area contributed by atoms with Crippen LogP contribution in [0.3, 0.4) is 0 Å². The van der Waals surface area contributed by atoms with E-state index >= 15 is 0 Å². The summed E-state index contributed by atoms with van der Waals surface area (Å²) in [6.45, 7) is 6.46. The highest BCUT2D eigenvalue weighted by molar-refractivity contribution is 5.94. The van der Waals surface area contributed by atoms with Crippen molar-refractivity contribution >= 4 is 18.3 Å². The number of carbonyl (C=O) groups is 1. The van der Waals surface area contributed by atoms with Crippen LogP contribution in [-0.4, -0.2) is 18.0 Å². The summed E-state index contributed by atoms with van der Waals surface area (Å²) in [5.41, 5.74) is 5.74. The largest absolute Gasteiger partial charge is 0.346 e. The van der Waals surface area contributed by atoms with Gasteiger partial charge in [0.2, 0.25) is 0 Å². The Kier molecular flexibility index (Phi) is 7.01. The van der Waals surface area contributed by atoms with E-state index in [2.05, 4.69) is 19.2 Å². The van der Waals surface area contributed by atoms with Crippen LogP contribution in [0, 0.1) is 11.7 Å². The molecule has 1 rings (SSSR count). The quantitative estimate of drug-likeness (QED) is 0.875. The summed E-state index contributed by atoms with van der Waals surface area (Å²) in [5.74, 6) is -0.133. The molecule has 5 heteroatoms. The van der Waals surface area contributed by atoms with Crippen molar-refractivity contribution in [2.75, 3.05) is 6.54 Å². The predicted molar refractivity (Wildman–Crippen MR) is 78.0 cm³/mol. The first-order chi connectivity index (χ1) is 8.36. The molecule has 0 aliphatic carbocycles. The molecule has 3 N–H and O–H groups in total. The van der Waals surface area contributed by atoms with Crippen molar-refractivity contribution in [1.29, 1.82) is 0 Å². The lowest BCUT2D eigenvalue weighted by atomic mass is 9.90. The Balaban J connectivity index is 0.00000324. The summed E-state index contributed by atoms with van der Waals surface area (Å²) < 4.78 is 12.8. The number of rotatable bonds is 5. The SMILES string of the molecule is CC(C)CC(C)(CN)NC(=O)c1ccc(F)cc1.Cl. The van der Waals surface area contributed by atoms with Crippen LogP contribution >= 0.6 is 12.4 Å². The molecule has 0 aliphatic heterocycles. The van der Waals surface area contributed by atoms with E-state index in [4.69, 9.17) is 5.73 Å². The van der Waals surface area contributed by atoms with E-state index in [0.717, 1.165) is 6.42 Å². The van der Waals surface area contributed by atoms with Gasteiger partial charge < -0.3 is 11.1 Å². The van der Waals surface area contributed by atoms with Gasteiger partial charge in [-0.3, -0.25) is 4.79 Å². The lowest BCUT2D eigenvalue weighted by Crippen LogP contribution is -2.52. The first kappa shape index (κ1) is 17.9. The summed E-state index contributed by atoms with van der Waals surface area (Å²) in [6.07, 6.45) is 0.802. The molecule has 0 saturated heterocycles. The Morgan fingerprint density at radius 2 is 1.89 bits per heavy atom. The van der Waals surface area contributed by atoms with Crippen LogP contribution in [0.1, 0.15) is 37.6 Å². The van der Waals surface area contributed by atoms with Gasteiger partial charge in [0, 0.05) is 17.6 Å². The summed E-state index contributed by atoms with van der Waals surface area (Å²) in [4.78, 5) is 12.0. The molecule has 1 amide bonds. The Labute approximate surface area is 120 Å². The van der Waals surface area contributed by atoms with Gasteiger partial charge in [-0.15, -0.1) is 12.4 Å². The molecule has 1 aromatic carbocycles. The van der Waals surface area contributed by atoms with Gasteiger partial charge >= 0.3 is 0 Å². The third-order valence-corrected chi connectivity index (χ3v) is 2.83. The molecule has 1 unspecified atom stereocenters. The smallest absolute Gasteiger partial charge is 0.251 e. The Morgan fingerprint density at radius 1 is 1.37 bits per heavy atom. The average Bonchev–Trinajstić information content (AvgIpc) is 2.28. The number of hydrogen-bond donors (Lipinski definition) is 2. The second-order valence-electron chi connectivity index (χ2n) is 5.32. The van der Waals surface area contributed by atoms with E-state index in [0.29, 0.717) is 18.0 Å². The van der Waals surface area contributed by atoms with Crippen molar-refractivity contribution in [3.63, 3.8) is 0 Å². The van der Waals surface area contributed by atoms with Crippen molar-refractivity contribution in [3.05, 3.63) is 35.6 Å². The van der Waals surface area contributed by atoms with Crippen LogP contribution in [0.25, 0.3) is 0 Å². The van der Waals surface area contributed by atoms with Gasteiger partial charge in [-0.25, -0.2) is 4.39 Å². The lowest BCUT2D eigenvalue weighted by Gasteiger charge is -2.31. The van der Waals surface area contributed by atoms with Gasteiger partial charge in [-0.1, -0.05) is 13.8 Å². The van der Waals surface area contributed by atoms with Crippen molar-refractivity contribution in [2.45, 2.75) is 32.7 Å². The predicted octanol–water partition coefficient (Wildman–Crippen LogP) is 2.74. The molecule has 1 atom stereocenters. The van der Waals surface area contributed by atoms with Crippen molar-refractivity contribution < 1.29 is 9.18 Å². The second-order valence-corrected chi connectivity index (χ2v) is 5.32. The summed E-state index contributed by atoms with van der Waals surface area (Å²) in [6, 6.07) is 5.49. The fraction of sp³-hybridized carbons (Fsp3) is 0.500. The fourth-order valence-corrected chi connectivity index (χ4v) is 2.03. The van der Waals surface area contributed by atoms with Gasteiger partial charge in [-0.2, -0.15) is 0 Å². The minimum Gasteiger partial charge on any atom is -0.346 e. The number of hydrogen-bond acceptors (Lipinski definition) is 2. The summed E-state index contributed by atoms with van der Waals surface area (Å²) in [5, 5.41) is 2.92. The van der Waals surface area contributed by atoms with E-state index in [1.165, 1.54) is 24.3 Å². The average molecular weight is 289 g/mol. The lowest BCUT2D eigenvalue weighted by molar-refractivity contribution is 0.0898. The maximum absolute atomic E-state index is 12.8. The maximum Gasteiger partial charge on any atom is 0.251 e. The molecule has 108 valence electrons. The standard InChI is InChI=1S/C14H21FN2O.ClH/c1-10(2)8-14(3,9-16)17-13(18)11-4-6-12(15)7-5-11;/h4-7,10H,8-9,16H2,1-3H3,(H,17,18);1H. The highest BCUT2D eigenvalue weighted by Crippen LogP contribution is 2.16. The Hall–Kier alpha value is -1.13. The summed E-state index contributed by atoms with van der Waals surface area (Å²) in [7, 11) is 0. The Bertz CT molecular complexity index is 408. The van der Waals surface area contributed by atoms with Crippen LogP contribution in [-0.2, 0) is 0 Å². The molecule has 0 heterocycles. The fourth-order valence-electron chi connectivity index (χ4n) is 2.03. The molecule has 0 aromatic heterocycles.